The third-order valence-electron chi connectivity index (χ3n) is 5.23. The van der Waals surface area contributed by atoms with Gasteiger partial charge >= 0.3 is 0 Å². The van der Waals surface area contributed by atoms with Crippen LogP contribution in [0.3, 0.4) is 0 Å². The maximum atomic E-state index is 12.0. The van der Waals surface area contributed by atoms with E-state index in [-0.39, 0.29) is 5.56 Å². The fraction of sp³-hybridized carbons (Fsp3) is 0.474. The van der Waals surface area contributed by atoms with Crippen LogP contribution in [0, 0.1) is 5.92 Å². The van der Waals surface area contributed by atoms with Crippen LogP contribution < -0.4 is 10.9 Å². The number of thiazole rings is 1. The summed E-state index contributed by atoms with van der Waals surface area (Å²) in [4.78, 5) is 30.5. The summed E-state index contributed by atoms with van der Waals surface area (Å²) in [7, 11) is 0. The fourth-order valence-electron chi connectivity index (χ4n) is 3.56. The summed E-state index contributed by atoms with van der Waals surface area (Å²) in [5.41, 5.74) is 1.82. The number of aromatic amines is 1. The number of rotatable bonds is 5. The van der Waals surface area contributed by atoms with Gasteiger partial charge in [-0.2, -0.15) is 0 Å². The van der Waals surface area contributed by atoms with Gasteiger partial charge in [0.1, 0.15) is 16.9 Å². The Kier molecular flexibility index (Phi) is 5.18. The van der Waals surface area contributed by atoms with E-state index in [0.717, 1.165) is 17.4 Å². The van der Waals surface area contributed by atoms with Gasteiger partial charge in [-0.05, 0) is 51.8 Å². The average Bonchev–Trinajstić information content (AvgIpc) is 3.15. The van der Waals surface area contributed by atoms with E-state index in [1.54, 1.807) is 23.6 Å². The van der Waals surface area contributed by atoms with E-state index in [9.17, 15) is 4.79 Å². The molecule has 1 fully saturated rings. The lowest BCUT2D eigenvalue weighted by atomic mass is 9.96. The van der Waals surface area contributed by atoms with Crippen molar-refractivity contribution in [2.45, 2.75) is 32.7 Å². The van der Waals surface area contributed by atoms with E-state index < -0.39 is 0 Å². The molecule has 0 amide bonds. The molecule has 1 saturated heterocycles. The number of likely N-dealkylation sites (tertiary alicyclic amines) is 1. The summed E-state index contributed by atoms with van der Waals surface area (Å²) in [5.74, 6) is 0.684. The van der Waals surface area contributed by atoms with Crippen molar-refractivity contribution in [3.63, 3.8) is 0 Å². The second kappa shape index (κ2) is 7.74. The Labute approximate surface area is 161 Å². The molecule has 2 N–H and O–H groups in total. The summed E-state index contributed by atoms with van der Waals surface area (Å²) in [5, 5.41) is 6.87. The zero-order chi connectivity index (χ0) is 18.8. The molecule has 0 saturated carbocycles. The molecule has 4 heterocycles. The van der Waals surface area contributed by atoms with Gasteiger partial charge < -0.3 is 15.2 Å². The van der Waals surface area contributed by atoms with E-state index in [1.807, 2.05) is 5.38 Å². The predicted molar refractivity (Wildman–Crippen MR) is 109 cm³/mol. The smallest absolute Gasteiger partial charge is 0.258 e. The van der Waals surface area contributed by atoms with Crippen LogP contribution in [0.15, 0.2) is 28.8 Å². The van der Waals surface area contributed by atoms with E-state index in [4.69, 9.17) is 0 Å². The molecule has 0 spiro atoms. The Morgan fingerprint density at radius 3 is 2.93 bits per heavy atom. The quantitative estimate of drug-likeness (QED) is 0.703. The maximum Gasteiger partial charge on any atom is 0.258 e. The Bertz CT molecular complexity index is 973. The van der Waals surface area contributed by atoms with Gasteiger partial charge in [0.15, 0.2) is 5.13 Å². The molecule has 0 aliphatic carbocycles. The first-order valence-electron chi connectivity index (χ1n) is 9.38. The molecule has 3 aromatic heterocycles. The molecule has 1 aliphatic heterocycles. The highest BCUT2D eigenvalue weighted by atomic mass is 32.1. The third-order valence-corrected chi connectivity index (χ3v) is 6.03. The first-order chi connectivity index (χ1) is 13.1. The Hall–Kier alpha value is -2.32. The summed E-state index contributed by atoms with van der Waals surface area (Å²) in [6.45, 7) is 7.82. The first kappa shape index (κ1) is 18.1. The van der Waals surface area contributed by atoms with Crippen molar-refractivity contribution in [2.75, 3.05) is 25.0 Å². The van der Waals surface area contributed by atoms with Gasteiger partial charge in [-0.25, -0.2) is 9.97 Å². The van der Waals surface area contributed by atoms with Crippen molar-refractivity contribution >= 4 is 27.4 Å². The van der Waals surface area contributed by atoms with Gasteiger partial charge in [0.05, 0.1) is 11.7 Å². The van der Waals surface area contributed by atoms with Gasteiger partial charge in [-0.15, -0.1) is 11.3 Å². The molecule has 3 aromatic rings. The molecular weight excluding hydrogens is 360 g/mol. The van der Waals surface area contributed by atoms with Gasteiger partial charge in [0.2, 0.25) is 0 Å². The molecule has 7 nitrogen and oxygen atoms in total. The van der Waals surface area contributed by atoms with Crippen LogP contribution in [-0.2, 0) is 0 Å². The number of fused-ring (bicyclic) bond motifs is 1. The zero-order valence-corrected chi connectivity index (χ0v) is 16.4. The van der Waals surface area contributed by atoms with Gasteiger partial charge in [-0.3, -0.25) is 9.78 Å². The lowest BCUT2D eigenvalue weighted by molar-refractivity contribution is 0.154. The average molecular weight is 385 g/mol. The van der Waals surface area contributed by atoms with Crippen LogP contribution in [-0.4, -0.2) is 50.5 Å². The number of nitrogens with one attached hydrogen (secondary N) is 2. The third kappa shape index (κ3) is 3.86. The van der Waals surface area contributed by atoms with Crippen LogP contribution >= 0.6 is 11.3 Å². The first-order valence-corrected chi connectivity index (χ1v) is 10.3. The number of hydrogen-bond donors (Lipinski definition) is 2. The van der Waals surface area contributed by atoms with Crippen LogP contribution in [0.25, 0.3) is 22.3 Å². The normalized spacial score (nSPS) is 16.3. The summed E-state index contributed by atoms with van der Waals surface area (Å²) in [6, 6.07) is 2.31. The minimum atomic E-state index is -0.162. The standard InChI is InChI=1S/C19H24N6OS/c1-12(2)25-7-4-13(5-8-25)9-21-19-24-15(10-27-19)17-16-14(3-6-20-17)18(26)23-11-22-16/h3,6,10-13H,4-5,7-9H2,1-2H3,(H,21,24)(H,22,23,26). The number of H-pyrrole nitrogens is 1. The molecule has 4 rings (SSSR count). The largest absolute Gasteiger partial charge is 0.361 e. The van der Waals surface area contributed by atoms with Crippen molar-refractivity contribution < 1.29 is 0 Å². The summed E-state index contributed by atoms with van der Waals surface area (Å²) in [6.07, 6.45) is 5.48. The lowest BCUT2D eigenvalue weighted by Crippen LogP contribution is -2.39. The highest BCUT2D eigenvalue weighted by Gasteiger charge is 2.21. The highest BCUT2D eigenvalue weighted by molar-refractivity contribution is 7.14. The molecule has 0 unspecified atom stereocenters. The van der Waals surface area contributed by atoms with E-state index >= 15 is 0 Å². The second-order valence-corrected chi connectivity index (χ2v) is 8.14. The molecule has 1 aliphatic rings. The van der Waals surface area contributed by atoms with Crippen molar-refractivity contribution in [3.8, 4) is 11.4 Å². The second-order valence-electron chi connectivity index (χ2n) is 7.28. The lowest BCUT2D eigenvalue weighted by Gasteiger charge is -2.34. The van der Waals surface area contributed by atoms with Gasteiger partial charge in [0, 0.05) is 24.2 Å². The monoisotopic (exact) mass is 384 g/mol. The number of aromatic nitrogens is 4. The summed E-state index contributed by atoms with van der Waals surface area (Å²) < 4.78 is 0. The summed E-state index contributed by atoms with van der Waals surface area (Å²) >= 11 is 1.56. The molecule has 0 radical (unpaired) electrons. The fourth-order valence-corrected chi connectivity index (χ4v) is 4.26. The minimum Gasteiger partial charge on any atom is -0.361 e. The highest BCUT2D eigenvalue weighted by Crippen LogP contribution is 2.28. The maximum absolute atomic E-state index is 12.0. The number of piperidine rings is 1. The van der Waals surface area contributed by atoms with E-state index in [0.29, 0.717) is 28.6 Å². The zero-order valence-electron chi connectivity index (χ0n) is 15.6. The van der Waals surface area contributed by atoms with E-state index in [2.05, 4.69) is 44.0 Å². The van der Waals surface area contributed by atoms with Crippen LogP contribution in [0.2, 0.25) is 0 Å². The van der Waals surface area contributed by atoms with Crippen LogP contribution in [0.5, 0.6) is 0 Å². The molecule has 0 aromatic carbocycles. The number of hydrogen-bond acceptors (Lipinski definition) is 7. The SMILES string of the molecule is CC(C)N1CCC(CNc2nc(-c3nccc4c(=O)[nH]cnc34)cs2)CC1. The van der Waals surface area contributed by atoms with Gasteiger partial charge in [0.25, 0.3) is 5.56 Å². The van der Waals surface area contributed by atoms with Crippen molar-refractivity contribution in [1.29, 1.82) is 0 Å². The van der Waals surface area contributed by atoms with Crippen molar-refractivity contribution in [1.82, 2.24) is 24.8 Å². The number of nitrogens with zero attached hydrogens (tertiary/aromatic N) is 4. The predicted octanol–water partition coefficient (Wildman–Crippen LogP) is 2.97. The van der Waals surface area contributed by atoms with E-state index in [1.165, 1.54) is 32.3 Å². The Morgan fingerprint density at radius 2 is 2.15 bits per heavy atom. The molecule has 27 heavy (non-hydrogen) atoms. The molecule has 0 bridgehead atoms. The number of pyridine rings is 1. The molecule has 8 heteroatoms. The topological polar surface area (TPSA) is 86.8 Å². The Morgan fingerprint density at radius 1 is 1.33 bits per heavy atom. The molecule has 142 valence electrons. The molecular formula is C19H24N6OS. The minimum absolute atomic E-state index is 0.162. The Balaban J connectivity index is 1.44. The number of anilines is 1. The van der Waals surface area contributed by atoms with Crippen molar-refractivity contribution in [2.24, 2.45) is 5.92 Å². The molecule has 0 atom stereocenters. The van der Waals surface area contributed by atoms with Crippen LogP contribution in [0.1, 0.15) is 26.7 Å². The van der Waals surface area contributed by atoms with Gasteiger partial charge in [-0.1, -0.05) is 0 Å². The van der Waals surface area contributed by atoms with Crippen molar-refractivity contribution in [3.05, 3.63) is 34.3 Å². The van der Waals surface area contributed by atoms with Crippen LogP contribution in [0.4, 0.5) is 5.13 Å².